The van der Waals surface area contributed by atoms with Gasteiger partial charge in [0.2, 0.25) is 5.91 Å². The summed E-state index contributed by atoms with van der Waals surface area (Å²) >= 11 is 0. The molecule has 2 aromatic rings. The summed E-state index contributed by atoms with van der Waals surface area (Å²) in [7, 11) is 1.53. The Balaban J connectivity index is 1.52. The van der Waals surface area contributed by atoms with Gasteiger partial charge in [-0.1, -0.05) is 6.07 Å². The first-order valence-electron chi connectivity index (χ1n) is 9.70. The molecule has 2 aliphatic rings. The number of anilines is 1. The lowest BCUT2D eigenvalue weighted by Gasteiger charge is -2.34. The molecule has 0 bridgehead atoms. The largest absolute Gasteiger partial charge is 0.369 e. The number of nitrogens with one attached hydrogen (secondary N) is 1. The number of amides is 2. The van der Waals surface area contributed by atoms with E-state index in [0.717, 1.165) is 12.5 Å². The van der Waals surface area contributed by atoms with E-state index in [2.05, 4.69) is 15.3 Å². The molecule has 156 valence electrons. The van der Waals surface area contributed by atoms with Gasteiger partial charge in [-0.25, -0.2) is 9.37 Å². The molecule has 0 aliphatic carbocycles. The van der Waals surface area contributed by atoms with Crippen LogP contribution in [0.4, 0.5) is 10.2 Å². The molecule has 30 heavy (non-hydrogen) atoms. The predicted molar refractivity (Wildman–Crippen MR) is 107 cm³/mol. The van der Waals surface area contributed by atoms with Crippen LogP contribution in [-0.2, 0) is 9.59 Å². The lowest BCUT2D eigenvalue weighted by atomic mass is 10.0. The Morgan fingerprint density at radius 2 is 2.20 bits per heavy atom. The number of aliphatic hydroxyl groups is 1. The van der Waals surface area contributed by atoms with Crippen LogP contribution in [0.25, 0.3) is 11.1 Å². The molecule has 2 amide bonds. The van der Waals surface area contributed by atoms with E-state index in [4.69, 9.17) is 0 Å². The Bertz CT molecular complexity index is 1030. The van der Waals surface area contributed by atoms with Crippen molar-refractivity contribution < 1.29 is 19.1 Å². The maximum atomic E-state index is 14.5. The fraction of sp³-hybridized carbons (Fsp3) is 0.333. The Kier molecular flexibility index (Phi) is 5.21. The number of aliphatic hydroxyl groups excluding tert-OH is 1. The minimum atomic E-state index is -0.957. The van der Waals surface area contributed by atoms with Crippen LogP contribution in [0.5, 0.6) is 0 Å². The van der Waals surface area contributed by atoms with Crippen molar-refractivity contribution in [2.24, 2.45) is 0 Å². The van der Waals surface area contributed by atoms with Crippen molar-refractivity contribution in [2.45, 2.75) is 32.0 Å². The summed E-state index contributed by atoms with van der Waals surface area (Å²) in [5, 5.41) is 12.9. The molecule has 0 saturated carbocycles. The van der Waals surface area contributed by atoms with Crippen molar-refractivity contribution in [3.05, 3.63) is 53.9 Å². The first-order valence-corrected chi connectivity index (χ1v) is 9.70. The van der Waals surface area contributed by atoms with E-state index in [1.807, 2.05) is 0 Å². The molecule has 8 nitrogen and oxygen atoms in total. The average molecular weight is 411 g/mol. The zero-order valence-corrected chi connectivity index (χ0v) is 16.7. The van der Waals surface area contributed by atoms with Gasteiger partial charge in [0.05, 0.1) is 0 Å². The summed E-state index contributed by atoms with van der Waals surface area (Å²) in [5.74, 6) is -1.17. The monoisotopic (exact) mass is 411 g/mol. The minimum Gasteiger partial charge on any atom is -0.369 e. The fourth-order valence-corrected chi connectivity index (χ4v) is 3.87. The van der Waals surface area contributed by atoms with E-state index in [0.29, 0.717) is 29.8 Å². The zero-order valence-electron chi connectivity index (χ0n) is 16.7. The van der Waals surface area contributed by atoms with E-state index in [1.165, 1.54) is 24.3 Å². The molecule has 9 heteroatoms. The molecule has 4 rings (SSSR count). The van der Waals surface area contributed by atoms with Crippen molar-refractivity contribution in [3.63, 3.8) is 0 Å². The smallest absolute Gasteiger partial charge is 0.272 e. The molecule has 0 aromatic carbocycles. The van der Waals surface area contributed by atoms with Gasteiger partial charge in [-0.05, 0) is 25.8 Å². The topological polar surface area (TPSA) is 98.7 Å². The summed E-state index contributed by atoms with van der Waals surface area (Å²) in [6, 6.07) is 3.89. The maximum Gasteiger partial charge on any atom is 0.272 e. The molecule has 0 spiro atoms. The number of halogens is 1. The van der Waals surface area contributed by atoms with Crippen molar-refractivity contribution in [1.29, 1.82) is 0 Å². The van der Waals surface area contributed by atoms with Gasteiger partial charge < -0.3 is 20.2 Å². The van der Waals surface area contributed by atoms with Gasteiger partial charge in [0.1, 0.15) is 23.4 Å². The van der Waals surface area contributed by atoms with Crippen LogP contribution < -0.4 is 5.32 Å². The van der Waals surface area contributed by atoms with E-state index in [9.17, 15) is 19.1 Å². The molecule has 2 aliphatic heterocycles. The predicted octanol–water partition coefficient (Wildman–Crippen LogP) is 1.75. The summed E-state index contributed by atoms with van der Waals surface area (Å²) in [6.07, 6.45) is 4.85. The number of aromatic nitrogens is 2. The van der Waals surface area contributed by atoms with Crippen LogP contribution in [0.1, 0.15) is 19.8 Å². The molecule has 4 heterocycles. The highest BCUT2D eigenvalue weighted by Crippen LogP contribution is 2.34. The van der Waals surface area contributed by atoms with Crippen LogP contribution in [-0.4, -0.2) is 62.6 Å². The van der Waals surface area contributed by atoms with Crippen molar-refractivity contribution in [2.75, 3.05) is 18.9 Å². The third kappa shape index (κ3) is 3.41. The Hall–Kier alpha value is -3.33. The first-order chi connectivity index (χ1) is 14.4. The summed E-state index contributed by atoms with van der Waals surface area (Å²) in [5.41, 5.74) is 1.89. The molecular weight excluding hydrogens is 389 g/mol. The highest BCUT2D eigenvalue weighted by atomic mass is 19.1. The molecule has 2 N–H and O–H groups in total. The summed E-state index contributed by atoms with van der Waals surface area (Å²) < 4.78 is 14.5. The molecule has 0 saturated heterocycles. The number of rotatable bonds is 4. The van der Waals surface area contributed by atoms with Gasteiger partial charge in [0.25, 0.3) is 5.91 Å². The van der Waals surface area contributed by atoms with Crippen LogP contribution >= 0.6 is 0 Å². The van der Waals surface area contributed by atoms with Gasteiger partial charge in [-0.2, -0.15) is 0 Å². The number of hydrogen-bond acceptors (Lipinski definition) is 6. The Morgan fingerprint density at radius 3 is 2.90 bits per heavy atom. The summed E-state index contributed by atoms with van der Waals surface area (Å²) in [6.45, 7) is 2.19. The normalized spacial score (nSPS) is 19.7. The van der Waals surface area contributed by atoms with Gasteiger partial charge in [0, 0.05) is 54.9 Å². The van der Waals surface area contributed by atoms with E-state index in [1.54, 1.807) is 30.2 Å². The molecule has 2 atom stereocenters. The second-order valence-electron chi connectivity index (χ2n) is 7.42. The number of carbonyl (C=O) groups is 2. The zero-order chi connectivity index (χ0) is 21.4. The lowest BCUT2D eigenvalue weighted by molar-refractivity contribution is -0.131. The van der Waals surface area contributed by atoms with Gasteiger partial charge >= 0.3 is 0 Å². The SMILES string of the molecule is CC(C(=O)Nc1cc(F)c(-c2cccnc2)cn1)N1CCCC2=C1C(=O)N(C)C2O. The molecule has 2 unspecified atom stereocenters. The van der Waals surface area contributed by atoms with Crippen molar-refractivity contribution in [3.8, 4) is 11.1 Å². The highest BCUT2D eigenvalue weighted by Gasteiger charge is 2.42. The Labute approximate surface area is 173 Å². The maximum absolute atomic E-state index is 14.5. The molecule has 2 aromatic heterocycles. The van der Waals surface area contributed by atoms with Gasteiger partial charge in [-0.15, -0.1) is 0 Å². The number of hydrogen-bond donors (Lipinski definition) is 2. The highest BCUT2D eigenvalue weighted by molar-refractivity contribution is 5.99. The van der Waals surface area contributed by atoms with E-state index in [-0.39, 0.29) is 17.3 Å². The van der Waals surface area contributed by atoms with Crippen LogP contribution in [0.2, 0.25) is 0 Å². The number of pyridine rings is 2. The second kappa shape index (κ2) is 7.83. The lowest BCUT2D eigenvalue weighted by Crippen LogP contribution is -2.45. The Morgan fingerprint density at radius 1 is 1.40 bits per heavy atom. The average Bonchev–Trinajstić information content (AvgIpc) is 2.98. The van der Waals surface area contributed by atoms with Gasteiger partial charge in [0.15, 0.2) is 6.23 Å². The van der Waals surface area contributed by atoms with Crippen LogP contribution in [0, 0.1) is 5.82 Å². The third-order valence-corrected chi connectivity index (χ3v) is 5.56. The van der Waals surface area contributed by atoms with E-state index < -0.39 is 24.0 Å². The van der Waals surface area contributed by atoms with E-state index >= 15 is 0 Å². The number of nitrogens with zero attached hydrogens (tertiary/aromatic N) is 4. The summed E-state index contributed by atoms with van der Waals surface area (Å²) in [4.78, 5) is 36.4. The molecule has 0 fully saturated rings. The van der Waals surface area contributed by atoms with Crippen LogP contribution in [0.15, 0.2) is 48.1 Å². The standard InChI is InChI=1S/C21H22FN5O3/c1-12(27-8-4-6-14-18(27)21(30)26(2)20(14)29)19(28)25-17-9-16(22)15(11-24-17)13-5-3-7-23-10-13/h3,5,7,9-12,20,29H,4,6,8H2,1-2H3,(H,24,25,28). The van der Waals surface area contributed by atoms with Crippen LogP contribution in [0.3, 0.4) is 0 Å². The minimum absolute atomic E-state index is 0.0816. The quantitative estimate of drug-likeness (QED) is 0.796. The molecular formula is C21H22FN5O3. The fourth-order valence-electron chi connectivity index (χ4n) is 3.87. The van der Waals surface area contributed by atoms with Gasteiger partial charge in [-0.3, -0.25) is 14.6 Å². The molecule has 0 radical (unpaired) electrons. The third-order valence-electron chi connectivity index (χ3n) is 5.56. The van der Waals surface area contributed by atoms with Crippen molar-refractivity contribution >= 4 is 17.6 Å². The van der Waals surface area contributed by atoms with Crippen molar-refractivity contribution in [1.82, 2.24) is 19.8 Å². The number of likely N-dealkylation sites (N-methyl/N-ethyl adjacent to an activating group) is 1. The number of carbonyl (C=O) groups excluding carboxylic acids is 2. The second-order valence-corrected chi connectivity index (χ2v) is 7.42. The first kappa shape index (κ1) is 20.0.